The topological polar surface area (TPSA) is 37.3 Å². The zero-order valence-corrected chi connectivity index (χ0v) is 17.2. The highest BCUT2D eigenvalue weighted by molar-refractivity contribution is 5.85. The van der Waals surface area contributed by atoms with Crippen molar-refractivity contribution >= 4 is 5.97 Å². The van der Waals surface area contributed by atoms with Crippen molar-refractivity contribution in [1.29, 1.82) is 0 Å². The van der Waals surface area contributed by atoms with E-state index in [2.05, 4.69) is 20.4 Å². The Morgan fingerprint density at radius 1 is 0.760 bits per heavy atom. The average molecular weight is 353 g/mol. The van der Waals surface area contributed by atoms with Gasteiger partial charge < -0.3 is 5.11 Å². The first kappa shape index (κ1) is 24.2. The highest BCUT2D eigenvalue weighted by Crippen LogP contribution is 2.22. The third-order valence-electron chi connectivity index (χ3n) is 5.38. The summed E-state index contributed by atoms with van der Waals surface area (Å²) < 4.78 is 0. The van der Waals surface area contributed by atoms with E-state index < -0.39 is 5.97 Å². The Bertz CT molecular complexity index is 322. The molecule has 1 atom stereocenters. The molecule has 0 saturated heterocycles. The van der Waals surface area contributed by atoms with Crippen molar-refractivity contribution in [3.8, 4) is 0 Å². The molecule has 2 nitrogen and oxygen atoms in total. The van der Waals surface area contributed by atoms with Gasteiger partial charge in [-0.25, -0.2) is 4.79 Å². The summed E-state index contributed by atoms with van der Waals surface area (Å²) >= 11 is 0. The lowest BCUT2D eigenvalue weighted by atomic mass is 9.91. The molecule has 2 heteroatoms. The fourth-order valence-electron chi connectivity index (χ4n) is 3.51. The standard InChI is InChI=1S/C23H44O2/c1-4-6-7-8-9-10-11-12-13-14-15-16-17-18-19-22(5-2)20-21(3)23(24)25/h22H,3-20H2,1-2H3,(H,24,25). The fourth-order valence-corrected chi connectivity index (χ4v) is 3.51. The first-order valence-electron chi connectivity index (χ1n) is 11.0. The van der Waals surface area contributed by atoms with Crippen LogP contribution in [-0.4, -0.2) is 11.1 Å². The summed E-state index contributed by atoms with van der Waals surface area (Å²) in [5, 5.41) is 8.92. The van der Waals surface area contributed by atoms with Gasteiger partial charge in [-0.1, -0.05) is 123 Å². The number of hydrogen-bond donors (Lipinski definition) is 1. The SMILES string of the molecule is C=C(CC(CC)CCCCCCCCCCCCCCCC)C(=O)O. The van der Waals surface area contributed by atoms with E-state index in [0.29, 0.717) is 17.9 Å². The molecular weight excluding hydrogens is 308 g/mol. The second-order valence-corrected chi connectivity index (χ2v) is 7.77. The summed E-state index contributed by atoms with van der Waals surface area (Å²) in [6, 6.07) is 0. The molecule has 0 fully saturated rings. The summed E-state index contributed by atoms with van der Waals surface area (Å²) in [7, 11) is 0. The van der Waals surface area contributed by atoms with Crippen LogP contribution in [0.4, 0.5) is 0 Å². The lowest BCUT2D eigenvalue weighted by molar-refractivity contribution is -0.132. The van der Waals surface area contributed by atoms with Crippen molar-refractivity contribution in [1.82, 2.24) is 0 Å². The van der Waals surface area contributed by atoms with Crippen LogP contribution in [0.15, 0.2) is 12.2 Å². The Hall–Kier alpha value is -0.790. The Morgan fingerprint density at radius 2 is 1.16 bits per heavy atom. The van der Waals surface area contributed by atoms with Gasteiger partial charge in [0.25, 0.3) is 0 Å². The van der Waals surface area contributed by atoms with E-state index in [1.807, 2.05) is 0 Å². The largest absolute Gasteiger partial charge is 0.478 e. The van der Waals surface area contributed by atoms with E-state index in [-0.39, 0.29) is 0 Å². The van der Waals surface area contributed by atoms with Crippen LogP contribution in [0.25, 0.3) is 0 Å². The van der Waals surface area contributed by atoms with Crippen LogP contribution in [-0.2, 0) is 4.79 Å². The second kappa shape index (κ2) is 18.0. The van der Waals surface area contributed by atoms with Crippen molar-refractivity contribution < 1.29 is 9.90 Å². The number of carbonyl (C=O) groups is 1. The molecule has 0 spiro atoms. The van der Waals surface area contributed by atoms with Gasteiger partial charge in [-0.2, -0.15) is 0 Å². The number of aliphatic carboxylic acids is 1. The number of rotatable bonds is 19. The van der Waals surface area contributed by atoms with Crippen molar-refractivity contribution in [2.24, 2.45) is 5.92 Å². The van der Waals surface area contributed by atoms with Crippen molar-refractivity contribution in [3.63, 3.8) is 0 Å². The normalized spacial score (nSPS) is 12.2. The third-order valence-corrected chi connectivity index (χ3v) is 5.38. The molecule has 148 valence electrons. The minimum atomic E-state index is -0.834. The molecule has 0 rings (SSSR count). The van der Waals surface area contributed by atoms with E-state index >= 15 is 0 Å². The van der Waals surface area contributed by atoms with Crippen LogP contribution in [0.5, 0.6) is 0 Å². The molecule has 0 aromatic heterocycles. The molecule has 0 aliphatic rings. The van der Waals surface area contributed by atoms with E-state index in [0.717, 1.165) is 12.8 Å². The Kier molecular flexibility index (Phi) is 17.4. The van der Waals surface area contributed by atoms with Crippen LogP contribution in [0.1, 0.15) is 123 Å². The molecule has 0 aromatic rings. The van der Waals surface area contributed by atoms with Gasteiger partial charge in [0.15, 0.2) is 0 Å². The minimum Gasteiger partial charge on any atom is -0.478 e. The molecule has 0 aliphatic heterocycles. The highest BCUT2D eigenvalue weighted by atomic mass is 16.4. The van der Waals surface area contributed by atoms with E-state index in [9.17, 15) is 4.79 Å². The van der Waals surface area contributed by atoms with Gasteiger partial charge in [-0.3, -0.25) is 0 Å². The lowest BCUT2D eigenvalue weighted by Crippen LogP contribution is -2.06. The summed E-state index contributed by atoms with van der Waals surface area (Å²) in [6.45, 7) is 8.09. The zero-order chi connectivity index (χ0) is 18.8. The molecule has 25 heavy (non-hydrogen) atoms. The quantitative estimate of drug-likeness (QED) is 0.189. The molecule has 0 aromatic carbocycles. The Balaban J connectivity index is 3.32. The van der Waals surface area contributed by atoms with E-state index in [1.165, 1.54) is 89.9 Å². The van der Waals surface area contributed by atoms with Gasteiger partial charge in [0.2, 0.25) is 0 Å². The Labute approximate surface area is 157 Å². The van der Waals surface area contributed by atoms with Gasteiger partial charge in [0, 0.05) is 5.57 Å². The maximum atomic E-state index is 10.9. The minimum absolute atomic E-state index is 0.372. The molecule has 0 amide bonds. The van der Waals surface area contributed by atoms with Crippen molar-refractivity contribution in [3.05, 3.63) is 12.2 Å². The molecule has 1 unspecified atom stereocenters. The summed E-state index contributed by atoms with van der Waals surface area (Å²) in [6.07, 6.45) is 22.3. The predicted molar refractivity (Wildman–Crippen MR) is 110 cm³/mol. The third kappa shape index (κ3) is 16.4. The molecule has 1 N–H and O–H groups in total. The first-order chi connectivity index (χ1) is 12.1. The molecular formula is C23H44O2. The van der Waals surface area contributed by atoms with Gasteiger partial charge >= 0.3 is 5.97 Å². The zero-order valence-electron chi connectivity index (χ0n) is 17.2. The van der Waals surface area contributed by atoms with Crippen LogP contribution < -0.4 is 0 Å². The first-order valence-corrected chi connectivity index (χ1v) is 11.0. The van der Waals surface area contributed by atoms with Gasteiger partial charge in [0.05, 0.1) is 0 Å². The summed E-state index contributed by atoms with van der Waals surface area (Å²) in [4.78, 5) is 10.9. The average Bonchev–Trinajstić information content (AvgIpc) is 2.60. The number of unbranched alkanes of at least 4 members (excludes halogenated alkanes) is 13. The molecule has 0 radical (unpaired) electrons. The van der Waals surface area contributed by atoms with Crippen LogP contribution in [0, 0.1) is 5.92 Å². The fraction of sp³-hybridized carbons (Fsp3) is 0.870. The molecule has 0 heterocycles. The highest BCUT2D eigenvalue weighted by Gasteiger charge is 2.12. The van der Waals surface area contributed by atoms with Gasteiger partial charge in [-0.05, 0) is 12.3 Å². The smallest absolute Gasteiger partial charge is 0.330 e. The molecule has 0 aliphatic carbocycles. The van der Waals surface area contributed by atoms with Gasteiger partial charge in [-0.15, -0.1) is 0 Å². The number of carboxylic acid groups (broad SMARTS) is 1. The summed E-state index contributed by atoms with van der Waals surface area (Å²) in [5.74, 6) is -0.333. The maximum absolute atomic E-state index is 10.9. The Morgan fingerprint density at radius 3 is 1.52 bits per heavy atom. The van der Waals surface area contributed by atoms with Crippen LogP contribution in [0.3, 0.4) is 0 Å². The van der Waals surface area contributed by atoms with E-state index in [4.69, 9.17) is 5.11 Å². The number of hydrogen-bond acceptors (Lipinski definition) is 1. The number of carboxylic acids is 1. The van der Waals surface area contributed by atoms with Crippen LogP contribution in [0.2, 0.25) is 0 Å². The lowest BCUT2D eigenvalue weighted by Gasteiger charge is -2.14. The van der Waals surface area contributed by atoms with Crippen molar-refractivity contribution in [2.75, 3.05) is 0 Å². The summed E-state index contributed by atoms with van der Waals surface area (Å²) in [5.41, 5.74) is 0.372. The maximum Gasteiger partial charge on any atom is 0.330 e. The predicted octanol–water partition coefficient (Wildman–Crippen LogP) is 7.91. The second-order valence-electron chi connectivity index (χ2n) is 7.77. The van der Waals surface area contributed by atoms with Gasteiger partial charge in [0.1, 0.15) is 0 Å². The van der Waals surface area contributed by atoms with E-state index in [1.54, 1.807) is 0 Å². The molecule has 0 bridgehead atoms. The van der Waals surface area contributed by atoms with Crippen LogP contribution >= 0.6 is 0 Å². The van der Waals surface area contributed by atoms with Crippen molar-refractivity contribution in [2.45, 2.75) is 123 Å². The monoisotopic (exact) mass is 352 g/mol. The molecule has 0 saturated carbocycles.